The summed E-state index contributed by atoms with van der Waals surface area (Å²) in [5, 5.41) is 0. The van der Waals surface area contributed by atoms with Crippen LogP contribution in [0.25, 0.3) is 0 Å². The molecule has 0 aromatic heterocycles. The summed E-state index contributed by atoms with van der Waals surface area (Å²) in [6, 6.07) is 0. The maximum atomic E-state index is 9.93. The number of isocyanates is 2. The predicted molar refractivity (Wildman–Crippen MR) is 66.6 cm³/mol. The van der Waals surface area contributed by atoms with Crippen LogP contribution in [0.15, 0.2) is 9.98 Å². The second-order valence-electron chi connectivity index (χ2n) is 3.48. The molecule has 4 nitrogen and oxygen atoms in total. The lowest BCUT2D eigenvalue weighted by atomic mass is 10.0. The Labute approximate surface area is 103 Å². The molecule has 0 spiro atoms. The van der Waals surface area contributed by atoms with Gasteiger partial charge in [0, 0.05) is 0 Å². The number of nitrogens with zero attached hydrogens (tertiary/aromatic N) is 2. The topological polar surface area (TPSA) is 58.9 Å². The highest BCUT2D eigenvalue weighted by Crippen LogP contribution is 2.15. The minimum atomic E-state index is 0.0448. The van der Waals surface area contributed by atoms with Gasteiger partial charge >= 0.3 is 0 Å². The fourth-order valence-corrected chi connectivity index (χ4v) is 1.77. The summed E-state index contributed by atoms with van der Waals surface area (Å²) in [5.74, 6) is 0.425. The highest BCUT2D eigenvalue weighted by molar-refractivity contribution is 14.1. The Balaban J connectivity index is 3.45. The van der Waals surface area contributed by atoms with E-state index in [2.05, 4.69) is 39.5 Å². The predicted octanol–water partition coefficient (Wildman–Crippen LogP) is 2.62. The van der Waals surface area contributed by atoms with E-state index in [1.54, 1.807) is 6.08 Å². The van der Waals surface area contributed by atoms with Crippen LogP contribution in [-0.4, -0.2) is 22.8 Å². The van der Waals surface area contributed by atoms with Crippen molar-refractivity contribution in [3.63, 3.8) is 0 Å². The Morgan fingerprint density at radius 3 is 2.47 bits per heavy atom. The zero-order chi connectivity index (χ0) is 11.5. The number of unbranched alkanes of at least 4 members (excludes halogenated alkanes) is 1. The summed E-state index contributed by atoms with van der Waals surface area (Å²) in [4.78, 5) is 26.9. The van der Waals surface area contributed by atoms with Crippen molar-refractivity contribution < 1.29 is 9.59 Å². The molecule has 2 atom stereocenters. The van der Waals surface area contributed by atoms with Gasteiger partial charge in [-0.05, 0) is 18.8 Å². The first kappa shape index (κ1) is 14.5. The Morgan fingerprint density at radius 1 is 1.20 bits per heavy atom. The molecule has 0 amide bonds. The summed E-state index contributed by atoms with van der Waals surface area (Å²) in [6.45, 7) is 2.62. The molecular formula is C10H15IN2O2. The van der Waals surface area contributed by atoms with Crippen LogP contribution in [-0.2, 0) is 9.59 Å². The molecule has 0 aliphatic heterocycles. The molecule has 2 unspecified atom stereocenters. The molecule has 0 N–H and O–H groups in total. The molecule has 0 saturated carbocycles. The van der Waals surface area contributed by atoms with Crippen LogP contribution in [0.2, 0.25) is 0 Å². The van der Waals surface area contributed by atoms with Gasteiger partial charge in [0.2, 0.25) is 12.2 Å². The highest BCUT2D eigenvalue weighted by Gasteiger charge is 2.03. The van der Waals surface area contributed by atoms with Crippen molar-refractivity contribution in [2.24, 2.45) is 15.9 Å². The third-order valence-electron chi connectivity index (χ3n) is 2.05. The summed E-state index contributed by atoms with van der Waals surface area (Å²) >= 11 is 2.12. The van der Waals surface area contributed by atoms with Crippen LogP contribution in [0.4, 0.5) is 0 Å². The van der Waals surface area contributed by atoms with Crippen LogP contribution in [0.5, 0.6) is 0 Å². The molecule has 0 aliphatic carbocycles. The lowest BCUT2D eigenvalue weighted by molar-refractivity contribution is 0.495. The molecule has 0 rings (SSSR count). The van der Waals surface area contributed by atoms with Gasteiger partial charge in [0.15, 0.2) is 0 Å². The third kappa shape index (κ3) is 9.79. The van der Waals surface area contributed by atoms with E-state index in [4.69, 9.17) is 0 Å². The molecule has 0 radical (unpaired) electrons. The Morgan fingerprint density at radius 2 is 1.87 bits per heavy atom. The average molecular weight is 322 g/mol. The fraction of sp³-hybridized carbons (Fsp3) is 0.800. The largest absolute Gasteiger partial charge is 0.236 e. The average Bonchev–Trinajstić information content (AvgIpc) is 2.22. The molecule has 0 aliphatic rings. The maximum Gasteiger partial charge on any atom is 0.236 e. The monoisotopic (exact) mass is 322 g/mol. The summed E-state index contributed by atoms with van der Waals surface area (Å²) in [7, 11) is 0. The molecule has 15 heavy (non-hydrogen) atoms. The van der Waals surface area contributed by atoms with E-state index < -0.39 is 0 Å². The molecular weight excluding hydrogens is 307 g/mol. The highest BCUT2D eigenvalue weighted by atomic mass is 127. The van der Waals surface area contributed by atoms with Crippen LogP contribution in [0.1, 0.15) is 32.6 Å². The normalized spacial score (nSPS) is 13.5. The number of alkyl halides is 1. The van der Waals surface area contributed by atoms with Crippen molar-refractivity contribution in [3.05, 3.63) is 0 Å². The van der Waals surface area contributed by atoms with Crippen molar-refractivity contribution in [2.45, 2.75) is 36.7 Å². The first-order valence-corrected chi connectivity index (χ1v) is 6.20. The third-order valence-corrected chi connectivity index (χ3v) is 2.95. The lowest BCUT2D eigenvalue weighted by Crippen LogP contribution is -2.00. The molecule has 84 valence electrons. The van der Waals surface area contributed by atoms with Gasteiger partial charge in [-0.2, -0.15) is 4.99 Å². The molecule has 0 fully saturated rings. The van der Waals surface area contributed by atoms with Crippen molar-refractivity contribution in [1.29, 1.82) is 0 Å². The molecule has 0 bridgehead atoms. The minimum Gasteiger partial charge on any atom is -0.211 e. The van der Waals surface area contributed by atoms with Crippen LogP contribution in [0, 0.1) is 5.92 Å². The van der Waals surface area contributed by atoms with Crippen molar-refractivity contribution in [2.75, 3.05) is 6.54 Å². The summed E-state index contributed by atoms with van der Waals surface area (Å²) in [5.41, 5.74) is 0. The van der Waals surface area contributed by atoms with Crippen LogP contribution >= 0.6 is 22.6 Å². The maximum absolute atomic E-state index is 9.93. The summed E-state index contributed by atoms with van der Waals surface area (Å²) < 4.78 is 0.0448. The van der Waals surface area contributed by atoms with E-state index in [0.29, 0.717) is 12.5 Å². The van der Waals surface area contributed by atoms with Crippen molar-refractivity contribution >= 4 is 34.8 Å². The van der Waals surface area contributed by atoms with E-state index in [-0.39, 0.29) is 4.05 Å². The zero-order valence-electron chi connectivity index (χ0n) is 8.78. The van der Waals surface area contributed by atoms with E-state index in [9.17, 15) is 9.59 Å². The van der Waals surface area contributed by atoms with E-state index in [0.717, 1.165) is 25.7 Å². The van der Waals surface area contributed by atoms with Gasteiger partial charge in [0.05, 0.1) is 6.54 Å². The van der Waals surface area contributed by atoms with E-state index in [1.165, 1.54) is 6.08 Å². The Kier molecular flexibility index (Phi) is 9.68. The Bertz CT molecular complexity index is 258. The van der Waals surface area contributed by atoms with Gasteiger partial charge in [0.1, 0.15) is 4.05 Å². The minimum absolute atomic E-state index is 0.0448. The molecule has 5 heteroatoms. The number of hydrogen-bond acceptors (Lipinski definition) is 4. The van der Waals surface area contributed by atoms with Gasteiger partial charge < -0.3 is 0 Å². The quantitative estimate of drug-likeness (QED) is 0.172. The van der Waals surface area contributed by atoms with Crippen molar-refractivity contribution in [1.82, 2.24) is 0 Å². The van der Waals surface area contributed by atoms with Gasteiger partial charge in [0.25, 0.3) is 0 Å². The smallest absolute Gasteiger partial charge is 0.211 e. The van der Waals surface area contributed by atoms with E-state index >= 15 is 0 Å². The standard InChI is InChI=1S/C10H15IN2O2/c1-9(6-12-7-14)4-2-3-5-10(11)13-8-15/h9-10H,2-6H2,1H3. The number of hydrogen-bond donors (Lipinski definition) is 0. The zero-order valence-corrected chi connectivity index (χ0v) is 10.9. The van der Waals surface area contributed by atoms with Gasteiger partial charge in [-0.3, -0.25) is 0 Å². The lowest BCUT2D eigenvalue weighted by Gasteiger charge is -2.07. The first-order valence-electron chi connectivity index (χ1n) is 4.95. The second kappa shape index (κ2) is 10.0. The van der Waals surface area contributed by atoms with Crippen LogP contribution < -0.4 is 0 Å². The number of aliphatic imine (C=N–C) groups is 2. The number of carbonyl (C=O) groups excluding carboxylic acids is 2. The van der Waals surface area contributed by atoms with Gasteiger partial charge in [-0.25, -0.2) is 14.6 Å². The second-order valence-corrected chi connectivity index (χ2v) is 4.91. The molecule has 0 aromatic rings. The first-order chi connectivity index (χ1) is 7.20. The summed E-state index contributed by atoms with van der Waals surface area (Å²) in [6.07, 6.45) is 7.15. The molecule has 0 aromatic carbocycles. The fourth-order valence-electron chi connectivity index (χ4n) is 1.21. The van der Waals surface area contributed by atoms with E-state index in [1.807, 2.05) is 0 Å². The number of halogens is 1. The van der Waals surface area contributed by atoms with Crippen LogP contribution in [0.3, 0.4) is 0 Å². The Hall–Kier alpha value is -0.510. The van der Waals surface area contributed by atoms with Crippen molar-refractivity contribution in [3.8, 4) is 0 Å². The SMILES string of the molecule is CC(CCCCC(I)N=C=O)CN=C=O. The number of rotatable bonds is 8. The van der Waals surface area contributed by atoms with Gasteiger partial charge in [-0.15, -0.1) is 0 Å². The molecule has 0 saturated heterocycles. The van der Waals surface area contributed by atoms with Gasteiger partial charge in [-0.1, -0.05) is 42.4 Å². The molecule has 0 heterocycles.